The van der Waals surface area contributed by atoms with E-state index in [0.717, 1.165) is 42.7 Å². The molecule has 38 heavy (non-hydrogen) atoms. The molecular weight excluding hydrogens is 569 g/mol. The highest BCUT2D eigenvalue weighted by atomic mass is 35.5. The van der Waals surface area contributed by atoms with Crippen LogP contribution in [0.15, 0.2) is 36.4 Å². The van der Waals surface area contributed by atoms with Crippen LogP contribution in [-0.4, -0.2) is 50.0 Å². The summed E-state index contributed by atoms with van der Waals surface area (Å²) in [4.78, 5) is 28.7. The van der Waals surface area contributed by atoms with Crippen LogP contribution in [0.4, 0.5) is 5.69 Å². The number of amides is 2. The fourth-order valence-electron chi connectivity index (χ4n) is 4.74. The zero-order valence-electron chi connectivity index (χ0n) is 21.8. The SMILES string of the molecule is CCC(C(=O)NC1CCCCC1)N(Cc1ccc(Cl)c(Cl)c1)C(=O)CN(c1cc(Cl)ccc1C)S(C)(=O)=O. The minimum Gasteiger partial charge on any atom is -0.352 e. The number of halogens is 3. The molecule has 2 aromatic rings. The van der Waals surface area contributed by atoms with Crippen molar-refractivity contribution < 1.29 is 18.0 Å². The third-order valence-electron chi connectivity index (χ3n) is 6.79. The van der Waals surface area contributed by atoms with Crippen molar-refractivity contribution in [2.24, 2.45) is 0 Å². The highest BCUT2D eigenvalue weighted by Gasteiger charge is 2.33. The number of nitrogens with zero attached hydrogens (tertiary/aromatic N) is 2. The molecule has 0 heterocycles. The summed E-state index contributed by atoms with van der Waals surface area (Å²) in [5.74, 6) is -0.774. The van der Waals surface area contributed by atoms with Crippen LogP contribution in [0.2, 0.25) is 15.1 Å². The van der Waals surface area contributed by atoms with E-state index in [2.05, 4.69) is 5.32 Å². The second-order valence-electron chi connectivity index (χ2n) is 9.74. The van der Waals surface area contributed by atoms with Gasteiger partial charge in [0.05, 0.1) is 22.0 Å². The molecule has 0 aliphatic heterocycles. The standard InChI is InChI=1S/C27H34Cl3N3O4S/c1-4-24(27(35)31-21-8-6-5-7-9-21)32(16-19-11-13-22(29)23(30)14-19)26(34)17-33(38(3,36)37)25-15-20(28)12-10-18(25)2/h10-15,21,24H,4-9,16-17H2,1-3H3,(H,31,35). The van der Waals surface area contributed by atoms with Gasteiger partial charge in [-0.05, 0) is 61.6 Å². The zero-order valence-corrected chi connectivity index (χ0v) is 24.9. The molecule has 0 bridgehead atoms. The van der Waals surface area contributed by atoms with Crippen molar-refractivity contribution in [3.8, 4) is 0 Å². The fourth-order valence-corrected chi connectivity index (χ4v) is 6.13. The molecule has 1 aliphatic rings. The molecule has 3 rings (SSSR count). The van der Waals surface area contributed by atoms with E-state index in [-0.39, 0.29) is 18.5 Å². The number of aryl methyl sites for hydroxylation is 1. The van der Waals surface area contributed by atoms with Crippen LogP contribution in [0.25, 0.3) is 0 Å². The van der Waals surface area contributed by atoms with Gasteiger partial charge in [-0.25, -0.2) is 8.42 Å². The first-order valence-electron chi connectivity index (χ1n) is 12.7. The minimum absolute atomic E-state index is 0.0540. The van der Waals surface area contributed by atoms with Crippen LogP contribution in [0.5, 0.6) is 0 Å². The molecule has 1 fully saturated rings. The van der Waals surface area contributed by atoms with E-state index in [1.807, 2.05) is 6.92 Å². The molecule has 0 saturated heterocycles. The molecule has 7 nitrogen and oxygen atoms in total. The topological polar surface area (TPSA) is 86.8 Å². The van der Waals surface area contributed by atoms with Crippen LogP contribution in [-0.2, 0) is 26.2 Å². The molecule has 0 spiro atoms. The Kier molecular flexibility index (Phi) is 10.7. The Morgan fingerprint density at radius 3 is 2.32 bits per heavy atom. The van der Waals surface area contributed by atoms with Crippen LogP contribution < -0.4 is 9.62 Å². The lowest BCUT2D eigenvalue weighted by atomic mass is 9.95. The number of nitrogens with one attached hydrogen (secondary N) is 1. The average molecular weight is 603 g/mol. The van der Waals surface area contributed by atoms with Gasteiger partial charge in [0.15, 0.2) is 0 Å². The molecule has 1 unspecified atom stereocenters. The molecular formula is C27H34Cl3N3O4S. The zero-order chi connectivity index (χ0) is 28.0. The quantitative estimate of drug-likeness (QED) is 0.363. The average Bonchev–Trinajstić information content (AvgIpc) is 2.86. The molecule has 11 heteroatoms. The summed E-state index contributed by atoms with van der Waals surface area (Å²) in [5, 5.41) is 4.15. The van der Waals surface area contributed by atoms with E-state index >= 15 is 0 Å². The number of sulfonamides is 1. The predicted molar refractivity (Wildman–Crippen MR) is 154 cm³/mol. The second-order valence-corrected chi connectivity index (χ2v) is 12.9. The molecule has 1 saturated carbocycles. The van der Waals surface area contributed by atoms with E-state index in [1.54, 1.807) is 37.3 Å². The molecule has 1 atom stereocenters. The van der Waals surface area contributed by atoms with E-state index in [1.165, 1.54) is 11.0 Å². The monoisotopic (exact) mass is 601 g/mol. The maximum atomic E-state index is 13.9. The summed E-state index contributed by atoms with van der Waals surface area (Å²) in [6.07, 6.45) is 6.44. The number of hydrogen-bond donors (Lipinski definition) is 1. The van der Waals surface area contributed by atoms with Gasteiger partial charge < -0.3 is 10.2 Å². The number of hydrogen-bond acceptors (Lipinski definition) is 4. The Morgan fingerprint density at radius 1 is 1.03 bits per heavy atom. The highest BCUT2D eigenvalue weighted by Crippen LogP contribution is 2.28. The third-order valence-corrected chi connectivity index (χ3v) is 8.89. The van der Waals surface area contributed by atoms with Crippen LogP contribution in [0.3, 0.4) is 0 Å². The molecule has 208 valence electrons. The van der Waals surface area contributed by atoms with Crippen molar-refractivity contribution in [1.29, 1.82) is 0 Å². The Hall–Kier alpha value is -2.00. The maximum Gasteiger partial charge on any atom is 0.244 e. The number of carbonyl (C=O) groups is 2. The van der Waals surface area contributed by atoms with Crippen LogP contribution in [0.1, 0.15) is 56.6 Å². The van der Waals surface area contributed by atoms with Crippen molar-refractivity contribution >= 4 is 62.3 Å². The molecule has 2 amide bonds. The molecule has 0 radical (unpaired) electrons. The molecule has 0 aromatic heterocycles. The van der Waals surface area contributed by atoms with E-state index in [4.69, 9.17) is 34.8 Å². The largest absolute Gasteiger partial charge is 0.352 e. The maximum absolute atomic E-state index is 13.9. The third kappa shape index (κ3) is 8.01. The molecule has 1 N–H and O–H groups in total. The summed E-state index contributed by atoms with van der Waals surface area (Å²) in [6.45, 7) is 3.14. The number of carbonyl (C=O) groups excluding carboxylic acids is 2. The molecule has 2 aromatic carbocycles. The lowest BCUT2D eigenvalue weighted by molar-refractivity contribution is -0.140. The van der Waals surface area contributed by atoms with Gasteiger partial charge in [0.2, 0.25) is 21.8 Å². The second kappa shape index (κ2) is 13.4. The first kappa shape index (κ1) is 30.5. The predicted octanol–water partition coefficient (Wildman–Crippen LogP) is 5.98. The minimum atomic E-state index is -3.86. The Labute approximate surface area is 240 Å². The number of rotatable bonds is 10. The fraction of sp³-hybridized carbons (Fsp3) is 0.481. The normalized spacial score (nSPS) is 15.1. The van der Waals surface area contributed by atoms with Crippen LogP contribution >= 0.6 is 34.8 Å². The van der Waals surface area contributed by atoms with Gasteiger partial charge in [-0.3, -0.25) is 13.9 Å². The number of benzene rings is 2. The van der Waals surface area contributed by atoms with Crippen molar-refractivity contribution in [2.75, 3.05) is 17.1 Å². The number of anilines is 1. The van der Waals surface area contributed by atoms with Crippen molar-refractivity contribution in [3.05, 3.63) is 62.6 Å². The van der Waals surface area contributed by atoms with Crippen LogP contribution in [0, 0.1) is 6.92 Å². The van der Waals surface area contributed by atoms with E-state index in [9.17, 15) is 18.0 Å². The summed E-state index contributed by atoms with van der Waals surface area (Å²) in [5.41, 5.74) is 1.62. The van der Waals surface area contributed by atoms with Crippen molar-refractivity contribution in [1.82, 2.24) is 10.2 Å². The molecule has 1 aliphatic carbocycles. The van der Waals surface area contributed by atoms with E-state index in [0.29, 0.717) is 38.3 Å². The van der Waals surface area contributed by atoms with E-state index < -0.39 is 28.5 Å². The summed E-state index contributed by atoms with van der Waals surface area (Å²) in [7, 11) is -3.86. The van der Waals surface area contributed by atoms with Gasteiger partial charge in [0, 0.05) is 17.6 Å². The summed E-state index contributed by atoms with van der Waals surface area (Å²) in [6, 6.07) is 9.13. The van der Waals surface area contributed by atoms with Gasteiger partial charge in [0.25, 0.3) is 0 Å². The van der Waals surface area contributed by atoms with Gasteiger partial charge >= 0.3 is 0 Å². The van der Waals surface area contributed by atoms with Gasteiger partial charge in [-0.2, -0.15) is 0 Å². The Balaban J connectivity index is 1.96. The van der Waals surface area contributed by atoms with Gasteiger partial charge in [-0.15, -0.1) is 0 Å². The smallest absolute Gasteiger partial charge is 0.244 e. The summed E-state index contributed by atoms with van der Waals surface area (Å²) >= 11 is 18.5. The lowest BCUT2D eigenvalue weighted by Gasteiger charge is -2.34. The van der Waals surface area contributed by atoms with Crippen molar-refractivity contribution in [2.45, 2.75) is 71.0 Å². The lowest BCUT2D eigenvalue weighted by Crippen LogP contribution is -2.54. The first-order chi connectivity index (χ1) is 17.9. The van der Waals surface area contributed by atoms with Gasteiger partial charge in [-0.1, -0.05) is 73.1 Å². The summed E-state index contributed by atoms with van der Waals surface area (Å²) < 4.78 is 26.7. The van der Waals surface area contributed by atoms with Crippen molar-refractivity contribution in [3.63, 3.8) is 0 Å². The highest BCUT2D eigenvalue weighted by molar-refractivity contribution is 7.92. The Morgan fingerprint density at radius 2 is 1.71 bits per heavy atom. The van der Waals surface area contributed by atoms with Gasteiger partial charge in [0.1, 0.15) is 12.6 Å². The Bertz CT molecular complexity index is 1270. The first-order valence-corrected chi connectivity index (χ1v) is 15.7.